The highest BCUT2D eigenvalue weighted by Crippen LogP contribution is 2.38. The summed E-state index contributed by atoms with van der Waals surface area (Å²) >= 11 is 0. The number of phenolic OH excluding ortho intramolecular Hbond substituents is 1. The number of carbonyl (C=O) groups is 1. The largest absolute Gasteiger partial charge is 0.506 e. The predicted octanol–water partition coefficient (Wildman–Crippen LogP) is 3.20. The first kappa shape index (κ1) is 30.2. The first-order chi connectivity index (χ1) is 20.4. The number of fused-ring (bicyclic) bond motifs is 2. The summed E-state index contributed by atoms with van der Waals surface area (Å²) in [5.41, 5.74) is 3.24. The standard InChI is InChI=1S/C33H44N4O5/c1-36(15-14-34-19-30(39)27-8-10-29(38)33-28(27)9-11-31(40)35-33)32(41)13-17-42-16-12-23-4-2-5-24(18-23)20-37-21-25-6-3-7-26(25)22-37/h2,4-5,8-11,18,25-26,30,34,38-39H,3,6-7,12-17,19-22H2,1H3,(H,35,40). The van der Waals surface area contributed by atoms with Crippen molar-refractivity contribution >= 4 is 16.8 Å². The minimum Gasteiger partial charge on any atom is -0.506 e. The van der Waals surface area contributed by atoms with Crippen LogP contribution in [0.3, 0.4) is 0 Å². The van der Waals surface area contributed by atoms with E-state index in [2.05, 4.69) is 39.5 Å². The average Bonchev–Trinajstić information content (AvgIpc) is 3.57. The zero-order valence-corrected chi connectivity index (χ0v) is 24.6. The van der Waals surface area contributed by atoms with Crippen molar-refractivity contribution in [2.45, 2.75) is 44.8 Å². The van der Waals surface area contributed by atoms with Gasteiger partial charge in [0.2, 0.25) is 11.5 Å². The van der Waals surface area contributed by atoms with Crippen molar-refractivity contribution in [3.8, 4) is 5.75 Å². The molecule has 2 heterocycles. The van der Waals surface area contributed by atoms with Gasteiger partial charge in [-0.3, -0.25) is 14.5 Å². The Kier molecular flexibility index (Phi) is 10.3. The second-order valence-corrected chi connectivity index (χ2v) is 11.9. The van der Waals surface area contributed by atoms with E-state index in [1.165, 1.54) is 55.6 Å². The summed E-state index contributed by atoms with van der Waals surface area (Å²) in [6.07, 6.45) is 4.55. The van der Waals surface area contributed by atoms with Crippen molar-refractivity contribution in [2.24, 2.45) is 11.8 Å². The summed E-state index contributed by atoms with van der Waals surface area (Å²) < 4.78 is 5.79. The van der Waals surface area contributed by atoms with Crippen LogP contribution < -0.4 is 10.9 Å². The number of H-pyrrole nitrogens is 1. The smallest absolute Gasteiger partial charge is 0.248 e. The number of nitrogens with zero attached hydrogens (tertiary/aromatic N) is 2. The van der Waals surface area contributed by atoms with Gasteiger partial charge in [-0.15, -0.1) is 0 Å². The molecule has 1 saturated carbocycles. The van der Waals surface area contributed by atoms with Crippen LogP contribution in [0.15, 0.2) is 53.3 Å². The fourth-order valence-corrected chi connectivity index (χ4v) is 6.52. The highest BCUT2D eigenvalue weighted by molar-refractivity contribution is 5.87. The third-order valence-electron chi connectivity index (χ3n) is 8.85. The van der Waals surface area contributed by atoms with Crippen LogP contribution in [0.2, 0.25) is 0 Å². The van der Waals surface area contributed by atoms with Crippen LogP contribution in [0.1, 0.15) is 48.5 Å². The molecule has 1 amide bonds. The number of ether oxygens (including phenoxy) is 1. The molecule has 3 unspecified atom stereocenters. The Morgan fingerprint density at radius 2 is 1.90 bits per heavy atom. The Bertz CT molecular complexity index is 1400. The number of pyridine rings is 1. The minimum atomic E-state index is -0.839. The maximum absolute atomic E-state index is 12.5. The van der Waals surface area contributed by atoms with Gasteiger partial charge in [0.25, 0.3) is 0 Å². The molecule has 226 valence electrons. The van der Waals surface area contributed by atoms with Crippen molar-refractivity contribution in [1.82, 2.24) is 20.1 Å². The van der Waals surface area contributed by atoms with Gasteiger partial charge < -0.3 is 30.2 Å². The Labute approximate surface area is 247 Å². The molecule has 1 aliphatic heterocycles. The van der Waals surface area contributed by atoms with E-state index in [1.54, 1.807) is 24.1 Å². The Morgan fingerprint density at radius 3 is 2.71 bits per heavy atom. The van der Waals surface area contributed by atoms with Gasteiger partial charge >= 0.3 is 0 Å². The lowest BCUT2D eigenvalue weighted by molar-refractivity contribution is -0.131. The molecule has 3 aromatic rings. The van der Waals surface area contributed by atoms with E-state index in [1.807, 2.05) is 0 Å². The van der Waals surface area contributed by atoms with Crippen LogP contribution in [0.4, 0.5) is 0 Å². The monoisotopic (exact) mass is 576 g/mol. The Balaban J connectivity index is 0.955. The number of hydrogen-bond acceptors (Lipinski definition) is 7. The van der Waals surface area contributed by atoms with Crippen LogP contribution in [0.25, 0.3) is 10.9 Å². The van der Waals surface area contributed by atoms with Crippen LogP contribution in [-0.4, -0.2) is 83.9 Å². The van der Waals surface area contributed by atoms with Gasteiger partial charge in [0.05, 0.1) is 31.3 Å². The summed E-state index contributed by atoms with van der Waals surface area (Å²) in [7, 11) is 1.77. The molecule has 9 nitrogen and oxygen atoms in total. The van der Waals surface area contributed by atoms with Crippen molar-refractivity contribution in [1.29, 1.82) is 0 Å². The number of phenols is 1. The van der Waals surface area contributed by atoms with Gasteiger partial charge in [-0.25, -0.2) is 0 Å². The highest BCUT2D eigenvalue weighted by atomic mass is 16.5. The summed E-state index contributed by atoms with van der Waals surface area (Å²) in [6.45, 7) is 5.80. The third kappa shape index (κ3) is 7.77. The molecule has 2 aliphatic rings. The summed E-state index contributed by atoms with van der Waals surface area (Å²) in [6, 6.07) is 14.9. The van der Waals surface area contributed by atoms with E-state index in [0.717, 1.165) is 24.8 Å². The Morgan fingerprint density at radius 1 is 1.12 bits per heavy atom. The van der Waals surface area contributed by atoms with Gasteiger partial charge in [0.1, 0.15) is 5.75 Å². The molecule has 2 fully saturated rings. The molecule has 1 aromatic heterocycles. The molecule has 4 N–H and O–H groups in total. The number of hydrogen-bond donors (Lipinski definition) is 4. The Hall–Kier alpha value is -3.24. The van der Waals surface area contributed by atoms with E-state index < -0.39 is 6.10 Å². The second-order valence-electron chi connectivity index (χ2n) is 11.9. The number of aromatic nitrogens is 1. The fourth-order valence-electron chi connectivity index (χ4n) is 6.52. The first-order valence-corrected chi connectivity index (χ1v) is 15.2. The molecule has 3 atom stereocenters. The van der Waals surface area contributed by atoms with Crippen molar-refractivity contribution in [2.75, 3.05) is 53.0 Å². The van der Waals surface area contributed by atoms with Crippen LogP contribution >= 0.6 is 0 Å². The molecule has 5 rings (SSSR count). The van der Waals surface area contributed by atoms with Gasteiger partial charge in [-0.1, -0.05) is 36.8 Å². The van der Waals surface area contributed by atoms with Crippen LogP contribution in [0.5, 0.6) is 5.75 Å². The van der Waals surface area contributed by atoms with E-state index >= 15 is 0 Å². The number of likely N-dealkylation sites (tertiary alicyclic amines) is 1. The maximum atomic E-state index is 12.5. The number of rotatable bonds is 14. The molecular formula is C33H44N4O5. The number of nitrogens with one attached hydrogen (secondary N) is 2. The summed E-state index contributed by atoms with van der Waals surface area (Å²) in [5.74, 6) is 1.81. The molecule has 42 heavy (non-hydrogen) atoms. The van der Waals surface area contributed by atoms with Crippen LogP contribution in [-0.2, 0) is 22.5 Å². The molecule has 0 radical (unpaired) electrons. The molecule has 9 heteroatoms. The van der Waals surface area contributed by atoms with Gasteiger partial charge in [0, 0.05) is 57.8 Å². The second kappa shape index (κ2) is 14.3. The fraction of sp³-hybridized carbons (Fsp3) is 0.515. The summed E-state index contributed by atoms with van der Waals surface area (Å²) in [4.78, 5) is 31.0. The topological polar surface area (TPSA) is 118 Å². The number of carbonyl (C=O) groups excluding carboxylic acids is 1. The minimum absolute atomic E-state index is 0.0169. The van der Waals surface area contributed by atoms with E-state index in [4.69, 9.17) is 4.74 Å². The number of aliphatic hydroxyl groups is 1. The van der Waals surface area contributed by atoms with Crippen molar-refractivity contribution in [3.63, 3.8) is 0 Å². The number of likely N-dealkylation sites (N-methyl/N-ethyl adjacent to an activating group) is 1. The van der Waals surface area contributed by atoms with Crippen LogP contribution in [0, 0.1) is 11.8 Å². The van der Waals surface area contributed by atoms with E-state index in [9.17, 15) is 19.8 Å². The van der Waals surface area contributed by atoms with Gasteiger partial charge in [0.15, 0.2) is 0 Å². The van der Waals surface area contributed by atoms with Gasteiger partial charge in [-0.05, 0) is 59.9 Å². The highest BCUT2D eigenvalue weighted by Gasteiger charge is 2.35. The SMILES string of the molecule is CN(CCNCC(O)c1ccc(O)c2[nH]c(=O)ccc12)C(=O)CCOCCc1cccc(CN2CC3CCCC3C2)c1. The molecule has 1 aliphatic carbocycles. The first-order valence-electron chi connectivity index (χ1n) is 15.2. The molecule has 0 bridgehead atoms. The number of aliphatic hydroxyl groups excluding tert-OH is 1. The zero-order chi connectivity index (χ0) is 29.5. The lowest BCUT2D eigenvalue weighted by Crippen LogP contribution is -2.35. The average molecular weight is 577 g/mol. The van der Waals surface area contributed by atoms with Gasteiger partial charge in [-0.2, -0.15) is 0 Å². The van der Waals surface area contributed by atoms with Crippen molar-refractivity contribution < 1.29 is 19.7 Å². The number of benzene rings is 2. The lowest BCUT2D eigenvalue weighted by Gasteiger charge is -2.19. The lowest BCUT2D eigenvalue weighted by atomic mass is 10.0. The number of aromatic amines is 1. The quantitative estimate of drug-likeness (QED) is 0.218. The molecule has 1 saturated heterocycles. The summed E-state index contributed by atoms with van der Waals surface area (Å²) in [5, 5.41) is 24.5. The number of amides is 1. The normalized spacial score (nSPS) is 19.3. The zero-order valence-electron chi connectivity index (χ0n) is 24.6. The molecule has 2 aromatic carbocycles. The molecular weight excluding hydrogens is 532 g/mol. The maximum Gasteiger partial charge on any atom is 0.248 e. The molecule has 0 spiro atoms. The number of aromatic hydroxyl groups is 1. The van der Waals surface area contributed by atoms with Crippen molar-refractivity contribution in [3.05, 3.63) is 75.6 Å². The third-order valence-corrected chi connectivity index (χ3v) is 8.85. The van der Waals surface area contributed by atoms with E-state index in [-0.39, 0.29) is 23.8 Å². The predicted molar refractivity (Wildman–Crippen MR) is 163 cm³/mol. The van der Waals surface area contributed by atoms with E-state index in [0.29, 0.717) is 49.2 Å².